The molecule has 0 aromatic carbocycles. The van der Waals surface area contributed by atoms with E-state index in [0.29, 0.717) is 17.1 Å². The molecular weight excluding hydrogens is 362 g/mol. The maximum absolute atomic E-state index is 12.7. The number of hydrogen-bond donors (Lipinski definition) is 0. The maximum atomic E-state index is 12.7. The van der Waals surface area contributed by atoms with E-state index in [1.807, 2.05) is 0 Å². The molecule has 4 fully saturated rings. The molecule has 1 aromatic heterocycles. The molecule has 0 aliphatic heterocycles. The van der Waals surface area contributed by atoms with Crippen LogP contribution in [0.5, 0.6) is 0 Å². The van der Waals surface area contributed by atoms with Crippen LogP contribution in [0.25, 0.3) is 0 Å². The highest BCUT2D eigenvalue weighted by Gasteiger charge is 2.52. The van der Waals surface area contributed by atoms with Gasteiger partial charge in [0.25, 0.3) is 0 Å². The Labute approximate surface area is 168 Å². The predicted molar refractivity (Wildman–Crippen MR) is 110 cm³/mol. The smallest absolute Gasteiger partial charge is 0.167 e. The third-order valence-corrected chi connectivity index (χ3v) is 7.74. The number of carbonyl (C=O) groups is 1. The van der Waals surface area contributed by atoms with Crippen LogP contribution in [0.4, 0.5) is 0 Å². The zero-order valence-electron chi connectivity index (χ0n) is 16.5. The van der Waals surface area contributed by atoms with E-state index < -0.39 is 0 Å². The molecule has 5 aliphatic rings. The van der Waals surface area contributed by atoms with Gasteiger partial charge < -0.3 is 11.0 Å². The van der Waals surface area contributed by atoms with Gasteiger partial charge in [0, 0.05) is 22.6 Å². The summed E-state index contributed by atoms with van der Waals surface area (Å²) in [5.74, 6) is 3.80. The normalized spacial score (nSPS) is 38.3. The second-order valence-electron chi connectivity index (χ2n) is 9.43. The first-order valence-electron chi connectivity index (χ1n) is 10.1. The summed E-state index contributed by atoms with van der Waals surface area (Å²) in [4.78, 5) is 17.9. The molecule has 1 heterocycles. The van der Waals surface area contributed by atoms with Crippen molar-refractivity contribution in [2.24, 2.45) is 23.7 Å². The van der Waals surface area contributed by atoms with Crippen molar-refractivity contribution >= 4 is 18.2 Å². The Hall–Kier alpha value is -0.970. The quantitative estimate of drug-likeness (QED) is 0.755. The summed E-state index contributed by atoms with van der Waals surface area (Å²) in [6.45, 7) is 4.40. The van der Waals surface area contributed by atoms with Crippen LogP contribution in [0, 0.1) is 23.7 Å². The minimum Gasteiger partial charge on any atom is -0.412 e. The van der Waals surface area contributed by atoms with Crippen molar-refractivity contribution in [3.05, 3.63) is 29.1 Å². The molecule has 5 aliphatic carbocycles. The molecule has 27 heavy (non-hydrogen) atoms. The number of ketones is 1. The van der Waals surface area contributed by atoms with E-state index in [1.165, 1.54) is 44.2 Å². The number of Topliss-reactive ketones (excluding diaryl/α,β-unsaturated/α-hetero) is 1. The highest BCUT2D eigenvalue weighted by atomic mass is 35.5. The lowest BCUT2D eigenvalue weighted by atomic mass is 9.48. The predicted octanol–water partition coefficient (Wildman–Crippen LogP) is 4.04. The van der Waals surface area contributed by atoms with Gasteiger partial charge in [-0.3, -0.25) is 9.78 Å². The third kappa shape index (κ3) is 3.34. The number of fused-ring (bicyclic) bond motifs is 1. The number of aromatic nitrogens is 1. The van der Waals surface area contributed by atoms with Crippen LogP contribution in [-0.2, 0) is 5.41 Å². The van der Waals surface area contributed by atoms with Gasteiger partial charge in [-0.2, -0.15) is 0 Å². The molecule has 0 saturated heterocycles. The van der Waals surface area contributed by atoms with Gasteiger partial charge in [-0.15, -0.1) is 12.4 Å². The van der Waals surface area contributed by atoms with E-state index in [2.05, 4.69) is 26.0 Å². The van der Waals surface area contributed by atoms with Crippen molar-refractivity contribution in [3.63, 3.8) is 0 Å². The minimum absolute atomic E-state index is 0. The number of nitrogens with zero attached hydrogens (tertiary/aromatic N) is 1. The number of pyridine rings is 1. The second kappa shape index (κ2) is 7.81. The largest absolute Gasteiger partial charge is 0.412 e. The lowest BCUT2D eigenvalue weighted by molar-refractivity contribution is -0.00735. The zero-order chi connectivity index (χ0) is 16.5. The Kier molecular flexibility index (Phi) is 6.45. The average Bonchev–Trinajstić information content (AvgIpc) is 2.56. The second-order valence-corrected chi connectivity index (χ2v) is 9.43. The summed E-state index contributed by atoms with van der Waals surface area (Å²) in [5, 5.41) is 0. The van der Waals surface area contributed by atoms with Gasteiger partial charge in [-0.1, -0.05) is 13.8 Å². The van der Waals surface area contributed by atoms with Gasteiger partial charge in [-0.05, 0) is 87.2 Å². The van der Waals surface area contributed by atoms with E-state index in [0.717, 1.165) is 41.9 Å². The Bertz CT molecular complexity index is 670. The Morgan fingerprint density at radius 1 is 1.00 bits per heavy atom. The number of rotatable bonds is 2. The van der Waals surface area contributed by atoms with Crippen molar-refractivity contribution in [1.29, 1.82) is 0 Å². The summed E-state index contributed by atoms with van der Waals surface area (Å²) in [7, 11) is 0. The fourth-order valence-electron chi connectivity index (χ4n) is 7.00. The fourth-order valence-corrected chi connectivity index (χ4v) is 7.00. The zero-order valence-corrected chi connectivity index (χ0v) is 17.3. The van der Waals surface area contributed by atoms with Gasteiger partial charge in [-0.25, -0.2) is 0 Å². The van der Waals surface area contributed by atoms with Gasteiger partial charge in [0.1, 0.15) is 0 Å². The summed E-state index contributed by atoms with van der Waals surface area (Å²) >= 11 is 0. The fraction of sp³-hybridized carbons (Fsp3) is 0.727. The molecule has 6 rings (SSSR count). The van der Waals surface area contributed by atoms with E-state index >= 15 is 0 Å². The van der Waals surface area contributed by atoms with Crippen molar-refractivity contribution < 1.29 is 15.7 Å². The third-order valence-electron chi connectivity index (χ3n) is 7.74. The van der Waals surface area contributed by atoms with Crippen molar-refractivity contribution in [3.8, 4) is 0 Å². The molecule has 0 amide bonds. The number of halogens is 1. The van der Waals surface area contributed by atoms with E-state index in [4.69, 9.17) is 4.98 Å². The van der Waals surface area contributed by atoms with Gasteiger partial charge in [0.15, 0.2) is 5.78 Å². The standard InChI is InChI=1S/C22H29NO.ClH.2H2O/c1-3-17-6-13(2)20-18(21(17)24)4-5-19(23-20)22-10-14-7-15(11-22)9-16(8-14)12-22;;;/h4-5,13-17H,3,6-12H2,1-2H3;1H;2*1H2. The SMILES string of the molecule is CCC1CC(C)c2nc(C34CC5CC(CC(C5)C3)C4)ccc2C1=O.Cl.O.O. The van der Waals surface area contributed by atoms with Crippen LogP contribution in [0.3, 0.4) is 0 Å². The Morgan fingerprint density at radius 2 is 1.56 bits per heavy atom. The molecule has 1 aromatic rings. The average molecular weight is 396 g/mol. The molecule has 4 nitrogen and oxygen atoms in total. The lowest BCUT2D eigenvalue weighted by Crippen LogP contribution is -2.49. The molecule has 4 N–H and O–H groups in total. The van der Waals surface area contributed by atoms with Gasteiger partial charge >= 0.3 is 0 Å². The topological polar surface area (TPSA) is 93.0 Å². The molecule has 0 radical (unpaired) electrons. The summed E-state index contributed by atoms with van der Waals surface area (Å²) in [6.07, 6.45) is 10.4. The van der Waals surface area contributed by atoms with Crippen LogP contribution in [0.2, 0.25) is 0 Å². The first-order valence-corrected chi connectivity index (χ1v) is 10.1. The molecule has 2 atom stereocenters. The molecule has 4 bridgehead atoms. The van der Waals surface area contributed by atoms with Crippen molar-refractivity contribution in [2.75, 3.05) is 0 Å². The van der Waals surface area contributed by atoms with Crippen LogP contribution in [0.15, 0.2) is 12.1 Å². The van der Waals surface area contributed by atoms with Crippen LogP contribution in [-0.4, -0.2) is 21.7 Å². The molecular formula is C22H34ClNO3. The first-order chi connectivity index (χ1) is 11.6. The van der Waals surface area contributed by atoms with Crippen molar-refractivity contribution in [2.45, 2.75) is 76.5 Å². The van der Waals surface area contributed by atoms with E-state index in [9.17, 15) is 4.79 Å². The first kappa shape index (κ1) is 22.3. The molecule has 152 valence electrons. The van der Waals surface area contributed by atoms with Crippen LogP contribution < -0.4 is 0 Å². The number of carbonyl (C=O) groups excluding carboxylic acids is 1. The molecule has 5 heteroatoms. The summed E-state index contributed by atoms with van der Waals surface area (Å²) < 4.78 is 0. The highest BCUT2D eigenvalue weighted by molar-refractivity contribution is 6.00. The summed E-state index contributed by atoms with van der Waals surface area (Å²) in [6, 6.07) is 4.37. The summed E-state index contributed by atoms with van der Waals surface area (Å²) in [5.41, 5.74) is 3.70. The highest BCUT2D eigenvalue weighted by Crippen LogP contribution is 2.60. The number of hydrogen-bond acceptors (Lipinski definition) is 2. The van der Waals surface area contributed by atoms with Gasteiger partial charge in [0.05, 0.1) is 5.69 Å². The molecule has 4 saturated carbocycles. The monoisotopic (exact) mass is 395 g/mol. The lowest BCUT2D eigenvalue weighted by Gasteiger charge is -2.56. The van der Waals surface area contributed by atoms with Crippen LogP contribution >= 0.6 is 12.4 Å². The molecule has 0 spiro atoms. The molecule has 2 unspecified atom stereocenters. The van der Waals surface area contributed by atoms with Gasteiger partial charge in [0.2, 0.25) is 0 Å². The van der Waals surface area contributed by atoms with Crippen molar-refractivity contribution in [1.82, 2.24) is 4.98 Å². The van der Waals surface area contributed by atoms with E-state index in [-0.39, 0.29) is 29.3 Å². The van der Waals surface area contributed by atoms with E-state index in [1.54, 1.807) is 0 Å². The van der Waals surface area contributed by atoms with Crippen LogP contribution in [0.1, 0.15) is 92.9 Å². The minimum atomic E-state index is 0. The maximum Gasteiger partial charge on any atom is 0.167 e. The Balaban J connectivity index is 0.000000871. The Morgan fingerprint density at radius 3 is 2.07 bits per heavy atom.